The van der Waals surface area contributed by atoms with Gasteiger partial charge in [0.05, 0.1) is 11.7 Å². The average Bonchev–Trinajstić information content (AvgIpc) is 2.46. The molecule has 4 nitrogen and oxygen atoms in total. The predicted molar refractivity (Wildman–Crippen MR) is 80.6 cm³/mol. The number of anilines is 1. The van der Waals surface area contributed by atoms with Crippen molar-refractivity contribution in [3.63, 3.8) is 0 Å². The average molecular weight is 290 g/mol. The van der Waals surface area contributed by atoms with Crippen LogP contribution in [0, 0.1) is 0 Å². The van der Waals surface area contributed by atoms with E-state index in [4.69, 9.17) is 17.3 Å². The van der Waals surface area contributed by atoms with E-state index in [9.17, 15) is 4.79 Å². The zero-order chi connectivity index (χ0) is 14.7. The molecule has 2 aromatic rings. The number of rotatable bonds is 3. The van der Waals surface area contributed by atoms with Crippen LogP contribution < -0.4 is 5.73 Å². The van der Waals surface area contributed by atoms with Gasteiger partial charge in [-0.15, -0.1) is 0 Å². The molecule has 0 bridgehead atoms. The molecule has 2 rings (SSSR count). The number of nitrogens with two attached hydrogens (primary N) is 1. The lowest BCUT2D eigenvalue weighted by atomic mass is 10.1. The van der Waals surface area contributed by atoms with Crippen molar-refractivity contribution in [1.29, 1.82) is 0 Å². The number of nitrogen functional groups attached to an aromatic ring is 1. The van der Waals surface area contributed by atoms with Crippen LogP contribution in [0.25, 0.3) is 0 Å². The number of halogens is 1. The summed E-state index contributed by atoms with van der Waals surface area (Å²) in [4.78, 5) is 18.1. The van der Waals surface area contributed by atoms with E-state index in [-0.39, 0.29) is 17.6 Å². The van der Waals surface area contributed by atoms with E-state index in [0.717, 1.165) is 5.56 Å². The van der Waals surface area contributed by atoms with Crippen LogP contribution in [0.15, 0.2) is 42.6 Å². The minimum Gasteiger partial charge on any atom is -0.397 e. The van der Waals surface area contributed by atoms with E-state index in [1.165, 1.54) is 0 Å². The third kappa shape index (κ3) is 2.91. The fourth-order valence-corrected chi connectivity index (χ4v) is 2.03. The van der Waals surface area contributed by atoms with Crippen molar-refractivity contribution in [2.45, 2.75) is 13.0 Å². The quantitative estimate of drug-likeness (QED) is 0.944. The summed E-state index contributed by atoms with van der Waals surface area (Å²) in [6, 6.07) is 10.7. The normalized spacial score (nSPS) is 11.9. The number of pyridine rings is 1. The van der Waals surface area contributed by atoms with Crippen LogP contribution in [0.5, 0.6) is 0 Å². The monoisotopic (exact) mass is 289 g/mol. The molecule has 1 aromatic heterocycles. The molecule has 0 radical (unpaired) electrons. The van der Waals surface area contributed by atoms with Gasteiger partial charge in [0.2, 0.25) is 0 Å². The Morgan fingerprint density at radius 2 is 1.95 bits per heavy atom. The van der Waals surface area contributed by atoms with Gasteiger partial charge in [0.15, 0.2) is 5.69 Å². The van der Waals surface area contributed by atoms with Gasteiger partial charge >= 0.3 is 0 Å². The van der Waals surface area contributed by atoms with Gasteiger partial charge in [-0.1, -0.05) is 23.7 Å². The van der Waals surface area contributed by atoms with E-state index in [0.29, 0.717) is 10.7 Å². The van der Waals surface area contributed by atoms with Crippen molar-refractivity contribution < 1.29 is 4.79 Å². The van der Waals surface area contributed by atoms with Crippen LogP contribution in [0.4, 0.5) is 5.69 Å². The minimum absolute atomic E-state index is 0.0961. The number of amides is 1. The molecule has 0 saturated carbocycles. The van der Waals surface area contributed by atoms with E-state index in [2.05, 4.69) is 4.98 Å². The van der Waals surface area contributed by atoms with Crippen molar-refractivity contribution in [1.82, 2.24) is 9.88 Å². The smallest absolute Gasteiger partial charge is 0.274 e. The molecular formula is C15H16ClN3O. The van der Waals surface area contributed by atoms with Crippen LogP contribution in [0.1, 0.15) is 29.0 Å². The van der Waals surface area contributed by atoms with Gasteiger partial charge in [0.25, 0.3) is 5.91 Å². The lowest BCUT2D eigenvalue weighted by Gasteiger charge is -2.25. The molecule has 0 aliphatic heterocycles. The van der Waals surface area contributed by atoms with Gasteiger partial charge in [-0.05, 0) is 36.8 Å². The maximum atomic E-state index is 12.4. The Kier molecular flexibility index (Phi) is 4.25. The fraction of sp³-hybridized carbons (Fsp3) is 0.200. The number of nitrogens with zero attached hydrogens (tertiary/aromatic N) is 2. The molecule has 0 saturated heterocycles. The molecule has 2 N–H and O–H groups in total. The highest BCUT2D eigenvalue weighted by molar-refractivity contribution is 6.30. The molecule has 0 fully saturated rings. The van der Waals surface area contributed by atoms with E-state index in [1.54, 1.807) is 42.4 Å². The first-order chi connectivity index (χ1) is 9.50. The summed E-state index contributed by atoms with van der Waals surface area (Å²) in [5, 5.41) is 0.670. The first-order valence-electron chi connectivity index (χ1n) is 6.24. The molecule has 0 spiro atoms. The summed E-state index contributed by atoms with van der Waals surface area (Å²) >= 11 is 5.87. The third-order valence-corrected chi connectivity index (χ3v) is 3.55. The van der Waals surface area contributed by atoms with Gasteiger partial charge in [-0.3, -0.25) is 4.79 Å². The number of benzene rings is 1. The summed E-state index contributed by atoms with van der Waals surface area (Å²) in [5.74, 6) is -0.203. The molecule has 0 aliphatic rings. The molecular weight excluding hydrogens is 274 g/mol. The number of hydrogen-bond acceptors (Lipinski definition) is 3. The van der Waals surface area contributed by atoms with Gasteiger partial charge in [-0.2, -0.15) is 0 Å². The van der Waals surface area contributed by atoms with Crippen LogP contribution in [0.2, 0.25) is 5.02 Å². The summed E-state index contributed by atoms with van der Waals surface area (Å²) < 4.78 is 0. The zero-order valence-electron chi connectivity index (χ0n) is 11.4. The van der Waals surface area contributed by atoms with Gasteiger partial charge in [0, 0.05) is 18.3 Å². The van der Waals surface area contributed by atoms with Crippen molar-refractivity contribution >= 4 is 23.2 Å². The highest BCUT2D eigenvalue weighted by atomic mass is 35.5. The first kappa shape index (κ1) is 14.3. The SMILES string of the molecule is CC(c1ccc(Cl)cc1)N(C)C(=O)c1ncccc1N. The lowest BCUT2D eigenvalue weighted by Crippen LogP contribution is -2.30. The molecule has 1 aromatic carbocycles. The van der Waals surface area contributed by atoms with Gasteiger partial charge in [-0.25, -0.2) is 4.98 Å². The third-order valence-electron chi connectivity index (χ3n) is 3.30. The first-order valence-corrected chi connectivity index (χ1v) is 6.61. The summed E-state index contributed by atoms with van der Waals surface area (Å²) in [5.41, 5.74) is 7.45. The van der Waals surface area contributed by atoms with Crippen LogP contribution in [0.3, 0.4) is 0 Å². The summed E-state index contributed by atoms with van der Waals surface area (Å²) in [6.45, 7) is 1.94. The highest BCUT2D eigenvalue weighted by Gasteiger charge is 2.21. The summed E-state index contributed by atoms with van der Waals surface area (Å²) in [6.07, 6.45) is 1.56. The Morgan fingerprint density at radius 1 is 1.30 bits per heavy atom. The second-order valence-electron chi connectivity index (χ2n) is 4.58. The maximum absolute atomic E-state index is 12.4. The lowest BCUT2D eigenvalue weighted by molar-refractivity contribution is 0.0738. The second-order valence-corrected chi connectivity index (χ2v) is 5.02. The van der Waals surface area contributed by atoms with Crippen molar-refractivity contribution in [3.05, 3.63) is 58.9 Å². The van der Waals surface area contributed by atoms with Crippen molar-refractivity contribution in [2.24, 2.45) is 0 Å². The number of carbonyl (C=O) groups excluding carboxylic acids is 1. The van der Waals surface area contributed by atoms with Gasteiger partial charge < -0.3 is 10.6 Å². The number of hydrogen-bond donors (Lipinski definition) is 1. The van der Waals surface area contributed by atoms with E-state index in [1.807, 2.05) is 19.1 Å². The molecule has 104 valence electrons. The Morgan fingerprint density at radius 3 is 2.55 bits per heavy atom. The maximum Gasteiger partial charge on any atom is 0.274 e. The van der Waals surface area contributed by atoms with E-state index < -0.39 is 0 Å². The molecule has 1 amide bonds. The Balaban J connectivity index is 2.22. The molecule has 20 heavy (non-hydrogen) atoms. The van der Waals surface area contributed by atoms with Crippen LogP contribution in [-0.2, 0) is 0 Å². The predicted octanol–water partition coefficient (Wildman–Crippen LogP) is 3.15. The topological polar surface area (TPSA) is 59.2 Å². The number of carbonyl (C=O) groups is 1. The Bertz CT molecular complexity index is 613. The molecule has 0 aliphatic carbocycles. The van der Waals surface area contributed by atoms with Crippen molar-refractivity contribution in [3.8, 4) is 0 Å². The highest BCUT2D eigenvalue weighted by Crippen LogP contribution is 2.23. The fourth-order valence-electron chi connectivity index (χ4n) is 1.90. The summed E-state index contributed by atoms with van der Waals surface area (Å²) in [7, 11) is 1.73. The van der Waals surface area contributed by atoms with Gasteiger partial charge in [0.1, 0.15) is 0 Å². The van der Waals surface area contributed by atoms with Crippen LogP contribution in [-0.4, -0.2) is 22.8 Å². The standard InChI is InChI=1S/C15H16ClN3O/c1-10(11-5-7-12(16)8-6-11)19(2)15(20)14-13(17)4-3-9-18-14/h3-10H,17H2,1-2H3. The Hall–Kier alpha value is -2.07. The van der Waals surface area contributed by atoms with Crippen molar-refractivity contribution in [2.75, 3.05) is 12.8 Å². The van der Waals surface area contributed by atoms with Crippen LogP contribution >= 0.6 is 11.6 Å². The molecule has 1 heterocycles. The second kappa shape index (κ2) is 5.92. The van der Waals surface area contributed by atoms with E-state index >= 15 is 0 Å². The number of aromatic nitrogens is 1. The molecule has 5 heteroatoms. The molecule has 1 atom stereocenters. The molecule has 1 unspecified atom stereocenters. The largest absolute Gasteiger partial charge is 0.397 e. The Labute approximate surface area is 123 Å². The minimum atomic E-state index is -0.203. The zero-order valence-corrected chi connectivity index (χ0v) is 12.1.